The molecule has 4 heteroatoms. The maximum absolute atomic E-state index is 7.06. The van der Waals surface area contributed by atoms with E-state index in [0.29, 0.717) is 0 Å². The molecule has 1 aromatic rings. The van der Waals surface area contributed by atoms with Crippen molar-refractivity contribution in [1.82, 2.24) is 9.97 Å². The van der Waals surface area contributed by atoms with Crippen LogP contribution in [0, 0.1) is 5.41 Å². The van der Waals surface area contributed by atoms with E-state index < -0.39 is 0 Å². The minimum absolute atomic E-state index is 0.771. The van der Waals surface area contributed by atoms with Crippen LogP contribution in [0.4, 0.5) is 5.82 Å². The molecule has 0 unspecified atom stereocenters. The van der Waals surface area contributed by atoms with Gasteiger partial charge in [0.2, 0.25) is 5.82 Å². The van der Waals surface area contributed by atoms with Crippen LogP contribution < -0.4 is 4.90 Å². The van der Waals surface area contributed by atoms with E-state index in [1.165, 1.54) is 12.5 Å². The maximum atomic E-state index is 7.06. The number of nitrogens with one attached hydrogen (secondary N) is 2. The van der Waals surface area contributed by atoms with Crippen LogP contribution in [0.25, 0.3) is 0 Å². The Morgan fingerprint density at radius 1 is 1.55 bits per heavy atom. The van der Waals surface area contributed by atoms with E-state index in [-0.39, 0.29) is 0 Å². The lowest BCUT2D eigenvalue weighted by atomic mass is 10.3. The Hall–Kier alpha value is -1.29. The van der Waals surface area contributed by atoms with Crippen molar-refractivity contribution in [3.05, 3.63) is 18.1 Å². The summed E-state index contributed by atoms with van der Waals surface area (Å²) in [7, 11) is 3.94. The molecule has 0 aromatic carbocycles. The SMILES string of the molecule is C[NH+](C)c1ncncc1C=N. The molecular formula is C7H11N4+. The molecule has 0 spiro atoms. The quantitative estimate of drug-likeness (QED) is 0.546. The fraction of sp³-hybridized carbons (Fsp3) is 0.286. The van der Waals surface area contributed by atoms with Gasteiger partial charge in [0, 0.05) is 12.4 Å². The second kappa shape index (κ2) is 3.21. The zero-order valence-corrected chi connectivity index (χ0v) is 6.63. The lowest BCUT2D eigenvalue weighted by Crippen LogP contribution is -3.00. The average Bonchev–Trinajstić information content (AvgIpc) is 2.04. The Balaban J connectivity index is 3.12. The Morgan fingerprint density at radius 3 is 2.73 bits per heavy atom. The zero-order chi connectivity index (χ0) is 8.27. The van der Waals surface area contributed by atoms with Crippen molar-refractivity contribution >= 4 is 12.0 Å². The van der Waals surface area contributed by atoms with Crippen molar-refractivity contribution in [3.63, 3.8) is 0 Å². The van der Waals surface area contributed by atoms with E-state index >= 15 is 0 Å². The van der Waals surface area contributed by atoms with Gasteiger partial charge >= 0.3 is 0 Å². The number of hydrogen-bond acceptors (Lipinski definition) is 3. The van der Waals surface area contributed by atoms with Crippen molar-refractivity contribution in [2.75, 3.05) is 14.1 Å². The number of rotatable bonds is 2. The van der Waals surface area contributed by atoms with Gasteiger partial charge in [-0.1, -0.05) is 0 Å². The first-order valence-electron chi connectivity index (χ1n) is 3.36. The summed E-state index contributed by atoms with van der Waals surface area (Å²) in [4.78, 5) is 8.98. The predicted molar refractivity (Wildman–Crippen MR) is 42.4 cm³/mol. The third-order valence-corrected chi connectivity index (χ3v) is 1.37. The van der Waals surface area contributed by atoms with Crippen LogP contribution >= 0.6 is 0 Å². The lowest BCUT2D eigenvalue weighted by Gasteiger charge is -2.05. The molecule has 0 aliphatic heterocycles. The largest absolute Gasteiger partial charge is 0.308 e. The molecule has 0 fully saturated rings. The summed E-state index contributed by atoms with van der Waals surface area (Å²) in [6, 6.07) is 0. The Kier molecular flexibility index (Phi) is 2.28. The summed E-state index contributed by atoms with van der Waals surface area (Å²) in [5.41, 5.74) is 0.771. The van der Waals surface area contributed by atoms with Gasteiger partial charge in [0.15, 0.2) is 0 Å². The third kappa shape index (κ3) is 1.59. The number of quaternary nitrogens is 1. The zero-order valence-electron chi connectivity index (χ0n) is 6.63. The maximum Gasteiger partial charge on any atom is 0.237 e. The highest BCUT2D eigenvalue weighted by Gasteiger charge is 2.06. The number of aromatic nitrogens is 2. The first-order chi connectivity index (χ1) is 5.25. The van der Waals surface area contributed by atoms with Gasteiger partial charge in [-0.25, -0.2) is 4.98 Å². The standard InChI is InChI=1S/C7H10N4/c1-11(2)7-6(3-8)4-9-5-10-7/h3-5,8H,1-2H3/p+1. The molecule has 0 aliphatic rings. The van der Waals surface area contributed by atoms with Gasteiger partial charge in [-0.3, -0.25) is 4.90 Å². The number of nitrogens with zero attached hydrogens (tertiary/aromatic N) is 2. The van der Waals surface area contributed by atoms with Gasteiger partial charge in [-0.05, 0) is 0 Å². The highest BCUT2D eigenvalue weighted by molar-refractivity contribution is 5.80. The second-order valence-electron chi connectivity index (χ2n) is 2.47. The molecule has 0 radical (unpaired) electrons. The summed E-state index contributed by atoms with van der Waals surface area (Å²) in [6.45, 7) is 0. The highest BCUT2D eigenvalue weighted by Crippen LogP contribution is 1.98. The predicted octanol–water partition coefficient (Wildman–Crippen LogP) is -0.750. The van der Waals surface area contributed by atoms with Crippen molar-refractivity contribution in [2.45, 2.75) is 0 Å². The van der Waals surface area contributed by atoms with Crippen LogP contribution in [0.15, 0.2) is 12.5 Å². The minimum atomic E-state index is 0.771. The highest BCUT2D eigenvalue weighted by atomic mass is 15.1. The number of hydrogen-bond donors (Lipinski definition) is 2. The molecule has 58 valence electrons. The summed E-state index contributed by atoms with van der Waals surface area (Å²) < 4.78 is 0. The molecule has 11 heavy (non-hydrogen) atoms. The molecule has 1 rings (SSSR count). The minimum Gasteiger partial charge on any atom is -0.308 e. The van der Waals surface area contributed by atoms with Crippen molar-refractivity contribution < 1.29 is 4.90 Å². The van der Waals surface area contributed by atoms with Gasteiger partial charge in [-0.2, -0.15) is 4.98 Å². The molecule has 0 aliphatic carbocycles. The smallest absolute Gasteiger partial charge is 0.237 e. The fourth-order valence-electron chi connectivity index (χ4n) is 0.864. The van der Waals surface area contributed by atoms with Gasteiger partial charge in [0.05, 0.1) is 19.7 Å². The van der Waals surface area contributed by atoms with Crippen molar-refractivity contribution in [2.24, 2.45) is 0 Å². The molecular weight excluding hydrogens is 140 g/mol. The van der Waals surface area contributed by atoms with Gasteiger partial charge in [0.25, 0.3) is 0 Å². The van der Waals surface area contributed by atoms with Crippen LogP contribution in [0.5, 0.6) is 0 Å². The monoisotopic (exact) mass is 151 g/mol. The molecule has 0 saturated carbocycles. The van der Waals surface area contributed by atoms with Gasteiger partial charge in [0.1, 0.15) is 6.33 Å². The van der Waals surface area contributed by atoms with Crippen LogP contribution in [-0.4, -0.2) is 30.3 Å². The Bertz CT molecular complexity index is 256. The molecule has 4 nitrogen and oxygen atoms in total. The van der Waals surface area contributed by atoms with Crippen molar-refractivity contribution in [3.8, 4) is 0 Å². The van der Waals surface area contributed by atoms with Gasteiger partial charge in [-0.15, -0.1) is 0 Å². The molecule has 1 heterocycles. The second-order valence-corrected chi connectivity index (χ2v) is 2.47. The van der Waals surface area contributed by atoms with E-state index in [2.05, 4.69) is 9.97 Å². The average molecular weight is 151 g/mol. The van der Waals surface area contributed by atoms with Crippen molar-refractivity contribution in [1.29, 1.82) is 5.41 Å². The van der Waals surface area contributed by atoms with E-state index in [1.54, 1.807) is 6.20 Å². The molecule has 0 saturated heterocycles. The molecule has 0 bridgehead atoms. The molecule has 0 atom stereocenters. The molecule has 2 N–H and O–H groups in total. The van der Waals surface area contributed by atoms with Crippen LogP contribution in [0.1, 0.15) is 5.56 Å². The topological polar surface area (TPSA) is 54.1 Å². The van der Waals surface area contributed by atoms with E-state index in [9.17, 15) is 0 Å². The molecule has 1 aromatic heterocycles. The first-order valence-corrected chi connectivity index (χ1v) is 3.36. The van der Waals surface area contributed by atoms with Crippen LogP contribution in [-0.2, 0) is 0 Å². The van der Waals surface area contributed by atoms with E-state index in [1.807, 2.05) is 14.1 Å². The third-order valence-electron chi connectivity index (χ3n) is 1.37. The summed E-state index contributed by atoms with van der Waals surface area (Å²) >= 11 is 0. The summed E-state index contributed by atoms with van der Waals surface area (Å²) in [5.74, 6) is 0.856. The normalized spacial score (nSPS) is 10.1. The fourth-order valence-corrected chi connectivity index (χ4v) is 0.864. The van der Waals surface area contributed by atoms with E-state index in [0.717, 1.165) is 16.3 Å². The van der Waals surface area contributed by atoms with E-state index in [4.69, 9.17) is 5.41 Å². The Morgan fingerprint density at radius 2 is 2.27 bits per heavy atom. The summed E-state index contributed by atoms with van der Waals surface area (Å²) in [5, 5.41) is 7.06. The molecule has 0 amide bonds. The van der Waals surface area contributed by atoms with Gasteiger partial charge < -0.3 is 5.41 Å². The van der Waals surface area contributed by atoms with Crippen LogP contribution in [0.3, 0.4) is 0 Å². The lowest BCUT2D eigenvalue weighted by molar-refractivity contribution is -0.789. The summed E-state index contributed by atoms with van der Waals surface area (Å²) in [6.07, 6.45) is 4.40. The Labute approximate surface area is 65.4 Å². The first kappa shape index (κ1) is 7.81. The van der Waals surface area contributed by atoms with Crippen LogP contribution in [0.2, 0.25) is 0 Å².